The van der Waals surface area contributed by atoms with Crippen molar-refractivity contribution < 1.29 is 13.1 Å². The summed E-state index contributed by atoms with van der Waals surface area (Å²) < 4.78 is 35.3. The highest BCUT2D eigenvalue weighted by Gasteiger charge is 2.35. The molecule has 3 nitrogen and oxygen atoms in total. The average molecular weight is 565 g/mol. The first-order chi connectivity index (χ1) is 21.7. The van der Waals surface area contributed by atoms with Crippen LogP contribution in [0.4, 0.5) is 0 Å². The van der Waals surface area contributed by atoms with Crippen LogP contribution in [0.15, 0.2) is 89.5 Å². The van der Waals surface area contributed by atoms with E-state index in [9.17, 15) is 5.26 Å². The molecule has 7 rings (SSSR count). The smallest absolute Gasteiger partial charge is 0.216 e. The summed E-state index contributed by atoms with van der Waals surface area (Å²) in [6.45, 7) is 12.1. The number of rotatable bonds is 3. The molecular formula is C40H37N2O+. The van der Waals surface area contributed by atoms with Crippen molar-refractivity contribution in [3.8, 4) is 39.6 Å². The SMILES string of the molecule is [2H]c1cc(C([2H])([2H])C(C)(C)C)cc(-c2c(C)ccc3c2oc2c(-c4ccc5c(c4)C(C)(C)c4ccccc4-5)c(C#N)ccc23)[n+]1C. The Labute approximate surface area is 258 Å². The van der Waals surface area contributed by atoms with E-state index in [1.54, 1.807) is 10.6 Å². The van der Waals surface area contributed by atoms with Gasteiger partial charge in [-0.3, -0.25) is 0 Å². The summed E-state index contributed by atoms with van der Waals surface area (Å²) in [5.41, 5.74) is 10.6. The van der Waals surface area contributed by atoms with Crippen LogP contribution < -0.4 is 4.57 Å². The number of hydrogen-bond acceptors (Lipinski definition) is 2. The minimum Gasteiger partial charge on any atom is -0.454 e. The number of aryl methyl sites for hydroxylation is 1. The van der Waals surface area contributed by atoms with Crippen LogP contribution in [0.25, 0.3) is 55.4 Å². The van der Waals surface area contributed by atoms with Crippen molar-refractivity contribution >= 4 is 21.9 Å². The van der Waals surface area contributed by atoms with Gasteiger partial charge in [0.25, 0.3) is 0 Å². The summed E-state index contributed by atoms with van der Waals surface area (Å²) in [6, 6.07) is 28.9. The highest BCUT2D eigenvalue weighted by molar-refractivity contribution is 6.14. The molecule has 2 aromatic heterocycles. The number of nitrogens with zero attached hydrogens (tertiary/aromatic N) is 2. The van der Waals surface area contributed by atoms with Crippen LogP contribution in [-0.2, 0) is 18.8 Å². The lowest BCUT2D eigenvalue weighted by molar-refractivity contribution is -0.660. The third-order valence-electron chi connectivity index (χ3n) is 8.85. The molecule has 0 fully saturated rings. The van der Waals surface area contributed by atoms with Gasteiger partial charge in [0.15, 0.2) is 6.17 Å². The van der Waals surface area contributed by atoms with E-state index in [1.165, 1.54) is 22.3 Å². The van der Waals surface area contributed by atoms with Gasteiger partial charge in [-0.2, -0.15) is 5.26 Å². The molecule has 0 aliphatic heterocycles. The van der Waals surface area contributed by atoms with Crippen LogP contribution >= 0.6 is 0 Å². The van der Waals surface area contributed by atoms with Crippen molar-refractivity contribution in [1.82, 2.24) is 0 Å². The van der Waals surface area contributed by atoms with E-state index in [2.05, 4.69) is 68.4 Å². The lowest BCUT2D eigenvalue weighted by atomic mass is 9.81. The Hall–Kier alpha value is -4.68. The predicted octanol–water partition coefficient (Wildman–Crippen LogP) is 9.82. The van der Waals surface area contributed by atoms with Crippen molar-refractivity contribution in [3.05, 3.63) is 113 Å². The van der Waals surface area contributed by atoms with Gasteiger partial charge in [0.1, 0.15) is 19.6 Å². The zero-order valence-electron chi connectivity index (χ0n) is 28.8. The second-order valence-electron chi connectivity index (χ2n) is 13.3. The van der Waals surface area contributed by atoms with E-state index >= 15 is 0 Å². The van der Waals surface area contributed by atoms with E-state index in [0.717, 1.165) is 33.0 Å². The molecule has 4 aromatic carbocycles. The zero-order chi connectivity index (χ0) is 32.9. The summed E-state index contributed by atoms with van der Waals surface area (Å²) >= 11 is 0. The van der Waals surface area contributed by atoms with Crippen molar-refractivity contribution in [2.75, 3.05) is 0 Å². The van der Waals surface area contributed by atoms with E-state index in [4.69, 9.17) is 8.53 Å². The van der Waals surface area contributed by atoms with Gasteiger partial charge in [-0.25, -0.2) is 4.57 Å². The molecule has 0 radical (unpaired) electrons. The first-order valence-corrected chi connectivity index (χ1v) is 14.8. The first-order valence-electron chi connectivity index (χ1n) is 16.3. The van der Waals surface area contributed by atoms with Gasteiger partial charge in [-0.15, -0.1) is 0 Å². The molecule has 2 heterocycles. The molecule has 0 saturated heterocycles. The summed E-state index contributed by atoms with van der Waals surface area (Å²) in [7, 11) is 1.83. The Morgan fingerprint density at radius 1 is 0.884 bits per heavy atom. The fourth-order valence-corrected chi connectivity index (χ4v) is 6.83. The lowest BCUT2D eigenvalue weighted by Crippen LogP contribution is -2.31. The Bertz CT molecular complexity index is 2300. The number of fused-ring (bicyclic) bond motifs is 6. The maximum Gasteiger partial charge on any atom is 0.216 e. The predicted molar refractivity (Wildman–Crippen MR) is 176 cm³/mol. The van der Waals surface area contributed by atoms with Crippen LogP contribution in [0.3, 0.4) is 0 Å². The van der Waals surface area contributed by atoms with Crippen LogP contribution in [0.2, 0.25) is 0 Å². The molecule has 6 aromatic rings. The number of furan rings is 1. The fourth-order valence-electron chi connectivity index (χ4n) is 6.83. The lowest BCUT2D eigenvalue weighted by Gasteiger charge is -2.22. The normalized spacial score (nSPS) is 15.1. The number of aromatic nitrogens is 1. The van der Waals surface area contributed by atoms with Gasteiger partial charge in [-0.1, -0.05) is 83.1 Å². The van der Waals surface area contributed by atoms with Crippen LogP contribution in [0.5, 0.6) is 0 Å². The van der Waals surface area contributed by atoms with Gasteiger partial charge in [0, 0.05) is 36.6 Å². The third kappa shape index (κ3) is 4.20. The van der Waals surface area contributed by atoms with Gasteiger partial charge >= 0.3 is 0 Å². The van der Waals surface area contributed by atoms with Crippen molar-refractivity contribution in [1.29, 1.82) is 5.26 Å². The summed E-state index contributed by atoms with van der Waals surface area (Å²) in [5, 5.41) is 12.1. The Balaban J connectivity index is 1.50. The second-order valence-corrected chi connectivity index (χ2v) is 13.3. The number of hydrogen-bond donors (Lipinski definition) is 0. The van der Waals surface area contributed by atoms with Crippen molar-refractivity contribution in [2.24, 2.45) is 12.5 Å². The largest absolute Gasteiger partial charge is 0.454 e. The summed E-state index contributed by atoms with van der Waals surface area (Å²) in [6.07, 6.45) is -1.46. The molecule has 1 aliphatic rings. The van der Waals surface area contributed by atoms with Gasteiger partial charge < -0.3 is 4.42 Å². The fraction of sp³-hybridized carbons (Fsp3) is 0.250. The minimum absolute atomic E-state index is 0.188. The van der Waals surface area contributed by atoms with Gasteiger partial charge in [0.05, 0.1) is 17.2 Å². The highest BCUT2D eigenvalue weighted by atomic mass is 16.3. The molecule has 212 valence electrons. The van der Waals surface area contributed by atoms with E-state index < -0.39 is 11.8 Å². The standard InChI is InChI=1S/C40H37N2O/c1-24-12-15-30-31-17-14-27(23-41)36(26-13-16-29-28-10-8-9-11-32(28)40(5,6)33(29)21-26)38(31)43-37(30)35(24)34-20-25(18-19-42(34)7)22-39(2,3)4/h8-21H,22H2,1-7H3/q+1/i19D,22D2. The maximum atomic E-state index is 10.3. The van der Waals surface area contributed by atoms with Crippen molar-refractivity contribution in [2.45, 2.75) is 53.3 Å². The quantitative estimate of drug-likeness (QED) is 0.201. The zero-order valence-corrected chi connectivity index (χ0v) is 25.8. The topological polar surface area (TPSA) is 40.8 Å². The molecule has 0 saturated carbocycles. The minimum atomic E-state index is -1.67. The van der Waals surface area contributed by atoms with Crippen LogP contribution in [0, 0.1) is 23.7 Å². The van der Waals surface area contributed by atoms with E-state index in [-0.39, 0.29) is 11.6 Å². The Kier molecular flexibility index (Phi) is 5.22. The molecule has 43 heavy (non-hydrogen) atoms. The summed E-state index contributed by atoms with van der Waals surface area (Å²) in [5.74, 6) is 0. The van der Waals surface area contributed by atoms with Crippen LogP contribution in [-0.4, -0.2) is 0 Å². The summed E-state index contributed by atoms with van der Waals surface area (Å²) in [4.78, 5) is 0. The van der Waals surface area contributed by atoms with E-state index in [1.807, 2.05) is 59.0 Å². The molecule has 3 heteroatoms. The van der Waals surface area contributed by atoms with Crippen LogP contribution in [0.1, 0.15) is 66.5 Å². The number of nitriles is 1. The van der Waals surface area contributed by atoms with E-state index in [0.29, 0.717) is 28.0 Å². The second kappa shape index (κ2) is 9.41. The molecule has 0 bridgehead atoms. The molecule has 1 aliphatic carbocycles. The third-order valence-corrected chi connectivity index (χ3v) is 8.85. The van der Waals surface area contributed by atoms with Gasteiger partial charge in [0.2, 0.25) is 5.69 Å². The number of pyridine rings is 1. The monoisotopic (exact) mass is 564 g/mol. The molecule has 0 spiro atoms. The van der Waals surface area contributed by atoms with Crippen molar-refractivity contribution in [3.63, 3.8) is 0 Å². The molecule has 0 N–H and O–H groups in total. The van der Waals surface area contributed by atoms with Gasteiger partial charge in [-0.05, 0) is 75.9 Å². The molecular weight excluding hydrogens is 524 g/mol. The average Bonchev–Trinajstić information content (AvgIpc) is 3.49. The Morgan fingerprint density at radius 3 is 2.33 bits per heavy atom. The highest BCUT2D eigenvalue weighted by Crippen LogP contribution is 2.50. The molecule has 0 amide bonds. The number of benzene rings is 4. The molecule has 0 atom stereocenters. The maximum absolute atomic E-state index is 10.3. The Morgan fingerprint density at radius 2 is 1.58 bits per heavy atom. The molecule has 0 unspecified atom stereocenters. The first kappa shape index (κ1) is 23.8.